The van der Waals surface area contributed by atoms with Crippen molar-refractivity contribution in [1.29, 1.82) is 0 Å². The Morgan fingerprint density at radius 1 is 1.21 bits per heavy atom. The number of aromatic nitrogens is 1. The average molecular weight is 302 g/mol. The number of rotatable bonds is 5. The van der Waals surface area contributed by atoms with Crippen molar-refractivity contribution < 1.29 is 8.42 Å². The summed E-state index contributed by atoms with van der Waals surface area (Å²) in [7, 11) is -1.70. The van der Waals surface area contributed by atoms with Crippen LogP contribution < -0.4 is 10.0 Å². The SMILES string of the molecule is CNCCNS(=O)(=O)c1cccc2cnccc12.Cl. The van der Waals surface area contributed by atoms with Gasteiger partial charge >= 0.3 is 0 Å². The molecule has 0 saturated carbocycles. The number of hydrogen-bond donors (Lipinski definition) is 2. The van der Waals surface area contributed by atoms with Gasteiger partial charge in [0.25, 0.3) is 0 Å². The van der Waals surface area contributed by atoms with Gasteiger partial charge in [-0.15, -0.1) is 12.4 Å². The van der Waals surface area contributed by atoms with E-state index in [-0.39, 0.29) is 12.4 Å². The minimum atomic E-state index is -3.48. The number of pyridine rings is 1. The first-order valence-electron chi connectivity index (χ1n) is 5.62. The molecule has 7 heteroatoms. The summed E-state index contributed by atoms with van der Waals surface area (Å²) in [6.07, 6.45) is 3.25. The third-order valence-electron chi connectivity index (χ3n) is 2.60. The van der Waals surface area contributed by atoms with Crippen molar-refractivity contribution in [2.45, 2.75) is 4.90 Å². The van der Waals surface area contributed by atoms with E-state index in [2.05, 4.69) is 15.0 Å². The maximum Gasteiger partial charge on any atom is 0.241 e. The van der Waals surface area contributed by atoms with Crippen molar-refractivity contribution >= 4 is 33.2 Å². The van der Waals surface area contributed by atoms with Crippen molar-refractivity contribution in [3.8, 4) is 0 Å². The largest absolute Gasteiger partial charge is 0.318 e. The summed E-state index contributed by atoms with van der Waals surface area (Å²) in [5.74, 6) is 0. The molecule has 2 N–H and O–H groups in total. The summed E-state index contributed by atoms with van der Waals surface area (Å²) < 4.78 is 26.9. The quantitative estimate of drug-likeness (QED) is 0.813. The molecular formula is C12H16ClN3O2S. The fourth-order valence-electron chi connectivity index (χ4n) is 1.72. The van der Waals surface area contributed by atoms with Gasteiger partial charge in [-0.25, -0.2) is 13.1 Å². The van der Waals surface area contributed by atoms with Crippen molar-refractivity contribution in [3.63, 3.8) is 0 Å². The van der Waals surface area contributed by atoms with Gasteiger partial charge < -0.3 is 5.32 Å². The highest BCUT2D eigenvalue weighted by molar-refractivity contribution is 7.89. The maximum atomic E-state index is 12.2. The maximum absolute atomic E-state index is 12.2. The van der Waals surface area contributed by atoms with Gasteiger partial charge in [-0.05, 0) is 19.2 Å². The molecule has 0 radical (unpaired) electrons. The first-order valence-corrected chi connectivity index (χ1v) is 7.10. The van der Waals surface area contributed by atoms with Crippen molar-refractivity contribution in [3.05, 3.63) is 36.7 Å². The zero-order valence-electron chi connectivity index (χ0n) is 10.5. The number of sulfonamides is 1. The summed E-state index contributed by atoms with van der Waals surface area (Å²) in [5, 5.41) is 4.39. The Kier molecular flexibility index (Phi) is 5.68. The molecule has 0 aliphatic heterocycles. The molecule has 0 fully saturated rings. The van der Waals surface area contributed by atoms with Gasteiger partial charge in [0.15, 0.2) is 0 Å². The molecule has 2 rings (SSSR count). The van der Waals surface area contributed by atoms with E-state index >= 15 is 0 Å². The molecule has 0 amide bonds. The van der Waals surface area contributed by atoms with Crippen LogP contribution >= 0.6 is 12.4 Å². The van der Waals surface area contributed by atoms with Crippen LogP contribution in [0.5, 0.6) is 0 Å². The van der Waals surface area contributed by atoms with Crippen molar-refractivity contribution in [2.24, 2.45) is 0 Å². The van der Waals surface area contributed by atoms with Crippen LogP contribution in [0.2, 0.25) is 0 Å². The number of nitrogens with one attached hydrogen (secondary N) is 2. The third kappa shape index (κ3) is 3.63. The second kappa shape index (κ2) is 6.81. The van der Waals surface area contributed by atoms with E-state index in [9.17, 15) is 8.42 Å². The Labute approximate surface area is 118 Å². The number of nitrogens with zero attached hydrogens (tertiary/aromatic N) is 1. The lowest BCUT2D eigenvalue weighted by Crippen LogP contribution is -2.30. The summed E-state index contributed by atoms with van der Waals surface area (Å²) in [5.41, 5.74) is 0. The summed E-state index contributed by atoms with van der Waals surface area (Å²) in [6.45, 7) is 0.950. The smallest absolute Gasteiger partial charge is 0.241 e. The van der Waals surface area contributed by atoms with Crippen LogP contribution in [0.1, 0.15) is 0 Å². The molecule has 104 valence electrons. The van der Waals surface area contributed by atoms with Crippen LogP contribution in [0, 0.1) is 0 Å². The number of likely N-dealkylation sites (N-methyl/N-ethyl adjacent to an activating group) is 1. The Morgan fingerprint density at radius 3 is 2.74 bits per heavy atom. The molecule has 0 saturated heterocycles. The van der Waals surface area contributed by atoms with E-state index in [1.807, 2.05) is 6.07 Å². The summed E-state index contributed by atoms with van der Waals surface area (Å²) in [6, 6.07) is 6.87. The Morgan fingerprint density at radius 2 is 2.00 bits per heavy atom. The molecule has 1 aromatic carbocycles. The van der Waals surface area contributed by atoms with Gasteiger partial charge in [0.2, 0.25) is 10.0 Å². The average Bonchev–Trinajstić information content (AvgIpc) is 2.38. The van der Waals surface area contributed by atoms with Crippen molar-refractivity contribution in [1.82, 2.24) is 15.0 Å². The molecule has 1 aromatic heterocycles. The predicted molar refractivity (Wildman–Crippen MR) is 78.1 cm³/mol. The van der Waals surface area contributed by atoms with Gasteiger partial charge in [0.1, 0.15) is 0 Å². The van der Waals surface area contributed by atoms with E-state index < -0.39 is 10.0 Å². The van der Waals surface area contributed by atoms with Gasteiger partial charge in [-0.1, -0.05) is 12.1 Å². The van der Waals surface area contributed by atoms with Gasteiger partial charge in [-0.2, -0.15) is 0 Å². The van der Waals surface area contributed by atoms with Crippen LogP contribution in [0.25, 0.3) is 10.8 Å². The minimum Gasteiger partial charge on any atom is -0.318 e. The Bertz CT molecular complexity index is 641. The topological polar surface area (TPSA) is 71.1 Å². The zero-order chi connectivity index (χ0) is 13.0. The molecule has 2 aromatic rings. The molecule has 0 bridgehead atoms. The second-order valence-corrected chi connectivity index (χ2v) is 5.59. The van der Waals surface area contributed by atoms with Gasteiger partial charge in [-0.3, -0.25) is 4.98 Å². The highest BCUT2D eigenvalue weighted by atomic mass is 35.5. The molecule has 19 heavy (non-hydrogen) atoms. The fourth-order valence-corrected chi connectivity index (χ4v) is 2.97. The lowest BCUT2D eigenvalue weighted by molar-refractivity contribution is 0.580. The van der Waals surface area contributed by atoms with E-state index in [0.717, 1.165) is 5.39 Å². The lowest BCUT2D eigenvalue weighted by Gasteiger charge is -2.09. The highest BCUT2D eigenvalue weighted by Crippen LogP contribution is 2.21. The molecular weight excluding hydrogens is 286 g/mol. The molecule has 5 nitrogen and oxygen atoms in total. The van der Waals surface area contributed by atoms with Crippen molar-refractivity contribution in [2.75, 3.05) is 20.1 Å². The summed E-state index contributed by atoms with van der Waals surface area (Å²) in [4.78, 5) is 4.28. The third-order valence-corrected chi connectivity index (χ3v) is 4.12. The molecule has 0 atom stereocenters. The molecule has 0 aliphatic carbocycles. The van der Waals surface area contributed by atoms with E-state index in [0.29, 0.717) is 23.4 Å². The second-order valence-electron chi connectivity index (χ2n) is 3.85. The molecule has 0 aliphatic rings. The van der Waals surface area contributed by atoms with E-state index in [4.69, 9.17) is 0 Å². The van der Waals surface area contributed by atoms with Gasteiger partial charge in [0, 0.05) is 36.3 Å². The first kappa shape index (κ1) is 15.8. The highest BCUT2D eigenvalue weighted by Gasteiger charge is 2.16. The zero-order valence-corrected chi connectivity index (χ0v) is 12.1. The van der Waals surface area contributed by atoms with Crippen LogP contribution in [-0.2, 0) is 10.0 Å². The monoisotopic (exact) mass is 301 g/mol. The fraction of sp³-hybridized carbons (Fsp3) is 0.250. The molecule has 1 heterocycles. The van der Waals surface area contributed by atoms with Crippen LogP contribution in [0.4, 0.5) is 0 Å². The molecule has 0 unspecified atom stereocenters. The lowest BCUT2D eigenvalue weighted by atomic mass is 10.2. The van der Waals surface area contributed by atoms with E-state index in [1.165, 1.54) is 0 Å². The van der Waals surface area contributed by atoms with Crippen LogP contribution in [0.3, 0.4) is 0 Å². The summed E-state index contributed by atoms with van der Waals surface area (Å²) >= 11 is 0. The van der Waals surface area contributed by atoms with Gasteiger partial charge in [0.05, 0.1) is 4.90 Å². The standard InChI is InChI=1S/C12H15N3O2S.ClH/c1-13-7-8-15-18(16,17)12-4-2-3-10-9-14-6-5-11(10)12;/h2-6,9,13,15H,7-8H2,1H3;1H. The minimum absolute atomic E-state index is 0. The number of halogens is 1. The Balaban J connectivity index is 0.00000180. The Hall–Kier alpha value is -1.21. The first-order chi connectivity index (χ1) is 8.65. The van der Waals surface area contributed by atoms with E-state index in [1.54, 1.807) is 37.6 Å². The molecule has 0 spiro atoms. The number of benzene rings is 1. The number of fused-ring (bicyclic) bond motifs is 1. The normalized spacial score (nSPS) is 11.2. The number of hydrogen-bond acceptors (Lipinski definition) is 4. The van der Waals surface area contributed by atoms with Crippen LogP contribution in [-0.4, -0.2) is 33.5 Å². The predicted octanol–water partition coefficient (Wildman–Crippen LogP) is 1.15. The van der Waals surface area contributed by atoms with Crippen LogP contribution in [0.15, 0.2) is 41.6 Å².